The van der Waals surface area contributed by atoms with Gasteiger partial charge in [0.2, 0.25) is 0 Å². The Bertz CT molecular complexity index is 830. The van der Waals surface area contributed by atoms with Gasteiger partial charge in [0.25, 0.3) is 0 Å². The van der Waals surface area contributed by atoms with Gasteiger partial charge in [-0.3, -0.25) is 0 Å². The second-order valence-corrected chi connectivity index (χ2v) is 6.07. The number of halogens is 1. The van der Waals surface area contributed by atoms with Crippen LogP contribution >= 0.6 is 11.6 Å². The Hall–Kier alpha value is -2.80. The highest BCUT2D eigenvalue weighted by Crippen LogP contribution is 2.41. The molecule has 0 aromatic heterocycles. The smallest absolute Gasteiger partial charge is 0.337 e. The zero-order chi connectivity index (χ0) is 20.0. The highest BCUT2D eigenvalue weighted by Gasteiger charge is 2.39. The Morgan fingerprint density at radius 2 is 1.78 bits per heavy atom. The Morgan fingerprint density at radius 1 is 1.19 bits per heavy atom. The van der Waals surface area contributed by atoms with E-state index in [0.717, 1.165) is 0 Å². The van der Waals surface area contributed by atoms with Gasteiger partial charge in [0.1, 0.15) is 0 Å². The number of nitrogens with one attached hydrogen (secondary N) is 1. The fourth-order valence-electron chi connectivity index (χ4n) is 2.97. The molecule has 1 aromatic rings. The highest BCUT2D eigenvalue weighted by atomic mass is 35.5. The minimum absolute atomic E-state index is 0.169. The first-order chi connectivity index (χ1) is 13.0. The van der Waals surface area contributed by atoms with E-state index < -0.39 is 17.9 Å². The standard InChI is InChI=1S/C19H22ClN3O4/c1-4-26-18(24)15-11(3)23-14(10-22-21)17(19(25)27-5-2)16(15)12-8-6-7-9-13(12)20/h6-10,16,23H,4-5,21H2,1-3H3/b22-10+. The maximum atomic E-state index is 12.8. The summed E-state index contributed by atoms with van der Waals surface area (Å²) in [7, 11) is 0. The van der Waals surface area contributed by atoms with E-state index in [2.05, 4.69) is 10.4 Å². The van der Waals surface area contributed by atoms with Gasteiger partial charge in [0.15, 0.2) is 0 Å². The zero-order valence-corrected chi connectivity index (χ0v) is 16.2. The summed E-state index contributed by atoms with van der Waals surface area (Å²) in [5.74, 6) is 3.38. The number of ether oxygens (including phenoxy) is 2. The van der Waals surface area contributed by atoms with Crippen LogP contribution in [0.3, 0.4) is 0 Å². The van der Waals surface area contributed by atoms with E-state index >= 15 is 0 Å². The molecule has 7 nitrogen and oxygen atoms in total. The normalized spacial score (nSPS) is 17.1. The topological polar surface area (TPSA) is 103 Å². The fraction of sp³-hybridized carbons (Fsp3) is 0.316. The molecule has 1 aromatic carbocycles. The summed E-state index contributed by atoms with van der Waals surface area (Å²) in [5, 5.41) is 6.93. The van der Waals surface area contributed by atoms with Gasteiger partial charge in [-0.15, -0.1) is 0 Å². The van der Waals surface area contributed by atoms with Crippen LogP contribution < -0.4 is 11.2 Å². The van der Waals surface area contributed by atoms with Crippen molar-refractivity contribution in [3.63, 3.8) is 0 Å². The molecule has 1 aliphatic rings. The Morgan fingerprint density at radius 3 is 2.33 bits per heavy atom. The number of allylic oxidation sites excluding steroid dienone is 2. The molecular formula is C19H22ClN3O4. The van der Waals surface area contributed by atoms with Crippen LogP contribution in [-0.4, -0.2) is 31.4 Å². The Kier molecular flexibility index (Phi) is 7.01. The van der Waals surface area contributed by atoms with Crippen LogP contribution in [0.5, 0.6) is 0 Å². The van der Waals surface area contributed by atoms with E-state index in [1.54, 1.807) is 45.0 Å². The molecule has 0 saturated carbocycles. The van der Waals surface area contributed by atoms with Crippen molar-refractivity contribution in [2.24, 2.45) is 10.9 Å². The minimum atomic E-state index is -0.786. The quantitative estimate of drug-likeness (QED) is 0.334. The number of benzene rings is 1. The summed E-state index contributed by atoms with van der Waals surface area (Å²) >= 11 is 6.40. The predicted molar refractivity (Wildman–Crippen MR) is 103 cm³/mol. The molecule has 144 valence electrons. The van der Waals surface area contributed by atoms with Crippen molar-refractivity contribution in [3.05, 3.63) is 57.4 Å². The van der Waals surface area contributed by atoms with Crippen molar-refractivity contribution in [1.29, 1.82) is 0 Å². The van der Waals surface area contributed by atoms with E-state index in [1.165, 1.54) is 6.21 Å². The lowest BCUT2D eigenvalue weighted by Gasteiger charge is -2.30. The lowest BCUT2D eigenvalue weighted by molar-refractivity contribution is -0.139. The summed E-state index contributed by atoms with van der Waals surface area (Å²) in [6, 6.07) is 6.99. The summed E-state index contributed by atoms with van der Waals surface area (Å²) in [6.45, 7) is 5.48. The van der Waals surface area contributed by atoms with Crippen LogP contribution in [0, 0.1) is 0 Å². The van der Waals surface area contributed by atoms with Gasteiger partial charge in [-0.2, -0.15) is 5.10 Å². The number of carbonyl (C=O) groups excluding carboxylic acids is 2. The number of hydrazone groups is 1. The third-order valence-electron chi connectivity index (χ3n) is 4.00. The van der Waals surface area contributed by atoms with Crippen LogP contribution in [-0.2, 0) is 19.1 Å². The second-order valence-electron chi connectivity index (χ2n) is 5.66. The SMILES string of the molecule is CCOC(=O)C1=C(C)NC(/C=N/N)=C(C(=O)OCC)C1c1ccccc1Cl. The largest absolute Gasteiger partial charge is 0.463 e. The van der Waals surface area contributed by atoms with Crippen LogP contribution in [0.15, 0.2) is 51.9 Å². The van der Waals surface area contributed by atoms with Crippen LogP contribution in [0.25, 0.3) is 0 Å². The van der Waals surface area contributed by atoms with Crippen molar-refractivity contribution in [2.75, 3.05) is 13.2 Å². The van der Waals surface area contributed by atoms with Crippen LogP contribution in [0.4, 0.5) is 0 Å². The molecule has 2 rings (SSSR count). The number of esters is 2. The third kappa shape index (κ3) is 4.31. The minimum Gasteiger partial charge on any atom is -0.463 e. The van der Waals surface area contributed by atoms with Crippen molar-refractivity contribution in [3.8, 4) is 0 Å². The molecule has 0 bridgehead atoms. The van der Waals surface area contributed by atoms with Gasteiger partial charge in [-0.25, -0.2) is 9.59 Å². The maximum absolute atomic E-state index is 12.8. The van der Waals surface area contributed by atoms with Crippen molar-refractivity contribution in [1.82, 2.24) is 5.32 Å². The number of hydrogen-bond acceptors (Lipinski definition) is 7. The number of nitrogens with two attached hydrogens (primary N) is 1. The van der Waals surface area contributed by atoms with E-state index in [1.807, 2.05) is 0 Å². The molecule has 27 heavy (non-hydrogen) atoms. The van der Waals surface area contributed by atoms with Gasteiger partial charge in [0, 0.05) is 10.7 Å². The molecule has 0 aliphatic carbocycles. The Labute approximate surface area is 162 Å². The van der Waals surface area contributed by atoms with E-state index in [4.69, 9.17) is 26.9 Å². The van der Waals surface area contributed by atoms with Crippen LogP contribution in [0.1, 0.15) is 32.3 Å². The summed E-state index contributed by atoms with van der Waals surface area (Å²) in [5.41, 5.74) is 1.90. The molecular weight excluding hydrogens is 370 g/mol. The van der Waals surface area contributed by atoms with Gasteiger partial charge < -0.3 is 20.6 Å². The first-order valence-corrected chi connectivity index (χ1v) is 8.87. The lowest BCUT2D eigenvalue weighted by Crippen LogP contribution is -2.34. The van der Waals surface area contributed by atoms with E-state index in [9.17, 15) is 9.59 Å². The molecule has 3 N–H and O–H groups in total. The molecule has 0 amide bonds. The van der Waals surface area contributed by atoms with Crippen molar-refractivity contribution < 1.29 is 19.1 Å². The molecule has 1 atom stereocenters. The molecule has 0 saturated heterocycles. The summed E-state index contributed by atoms with van der Waals surface area (Å²) in [6.07, 6.45) is 1.31. The molecule has 1 aliphatic heterocycles. The third-order valence-corrected chi connectivity index (χ3v) is 4.35. The first kappa shape index (κ1) is 20.5. The van der Waals surface area contributed by atoms with Gasteiger partial charge in [-0.05, 0) is 32.4 Å². The number of hydrogen-bond donors (Lipinski definition) is 2. The molecule has 8 heteroatoms. The first-order valence-electron chi connectivity index (χ1n) is 8.50. The molecule has 1 unspecified atom stereocenters. The van der Waals surface area contributed by atoms with Gasteiger partial charge in [-0.1, -0.05) is 29.8 Å². The average Bonchev–Trinajstić information content (AvgIpc) is 2.62. The predicted octanol–water partition coefficient (Wildman–Crippen LogP) is 2.63. The van der Waals surface area contributed by atoms with E-state index in [0.29, 0.717) is 22.0 Å². The fourth-order valence-corrected chi connectivity index (χ4v) is 3.21. The van der Waals surface area contributed by atoms with Gasteiger partial charge >= 0.3 is 11.9 Å². The van der Waals surface area contributed by atoms with Gasteiger partial charge in [0.05, 0.1) is 42.2 Å². The lowest BCUT2D eigenvalue weighted by atomic mass is 9.80. The molecule has 0 fully saturated rings. The average molecular weight is 392 g/mol. The Balaban J connectivity index is 2.76. The number of rotatable bonds is 6. The van der Waals surface area contributed by atoms with E-state index in [-0.39, 0.29) is 24.4 Å². The molecule has 0 radical (unpaired) electrons. The molecule has 1 heterocycles. The maximum Gasteiger partial charge on any atom is 0.337 e. The highest BCUT2D eigenvalue weighted by molar-refractivity contribution is 6.31. The number of carbonyl (C=O) groups is 2. The van der Waals surface area contributed by atoms with Crippen molar-refractivity contribution in [2.45, 2.75) is 26.7 Å². The number of nitrogens with zero attached hydrogens (tertiary/aromatic N) is 1. The monoisotopic (exact) mass is 391 g/mol. The van der Waals surface area contributed by atoms with Crippen LogP contribution in [0.2, 0.25) is 5.02 Å². The second kappa shape index (κ2) is 9.23. The van der Waals surface area contributed by atoms with Crippen molar-refractivity contribution >= 4 is 29.8 Å². The zero-order valence-electron chi connectivity index (χ0n) is 15.4. The summed E-state index contributed by atoms with van der Waals surface area (Å²) in [4.78, 5) is 25.5. The number of dihydropyridines is 1. The molecule has 0 spiro atoms. The summed E-state index contributed by atoms with van der Waals surface area (Å²) < 4.78 is 10.4.